The molecular formula is C12H19FN2O. The zero-order valence-electron chi connectivity index (χ0n) is 9.95. The van der Waals surface area contributed by atoms with Crippen LogP contribution in [-0.4, -0.2) is 42.9 Å². The first-order valence-electron chi connectivity index (χ1n) is 5.97. The molecule has 4 heteroatoms. The first kappa shape index (κ1) is 11.8. The largest absolute Gasteiger partial charge is 0.375 e. The highest BCUT2D eigenvalue weighted by molar-refractivity contribution is 5.14. The van der Waals surface area contributed by atoms with Crippen LogP contribution in [0.5, 0.6) is 0 Å². The van der Waals surface area contributed by atoms with Crippen molar-refractivity contribution in [3.63, 3.8) is 0 Å². The standard InChI is InChI=1S/C12H19FN2O/c1-9(2)10-3-4-15(5-11(10)13)12(6-14)7-16-8-12/h9-11H,3-5,7-8H2,1-2H3. The molecule has 0 radical (unpaired) electrons. The van der Waals surface area contributed by atoms with Gasteiger partial charge in [0.1, 0.15) is 6.17 Å². The summed E-state index contributed by atoms with van der Waals surface area (Å²) < 4.78 is 19.1. The minimum Gasteiger partial charge on any atom is -0.375 e. The third-order valence-electron chi connectivity index (χ3n) is 3.94. The Morgan fingerprint density at radius 3 is 2.56 bits per heavy atom. The van der Waals surface area contributed by atoms with Gasteiger partial charge in [-0.1, -0.05) is 13.8 Å². The Morgan fingerprint density at radius 1 is 1.50 bits per heavy atom. The molecule has 2 rings (SSSR count). The number of hydrogen-bond donors (Lipinski definition) is 0. The minimum absolute atomic E-state index is 0.146. The molecule has 0 bridgehead atoms. The number of nitriles is 1. The number of likely N-dealkylation sites (tertiary alicyclic amines) is 1. The summed E-state index contributed by atoms with van der Waals surface area (Å²) in [6.45, 7) is 6.21. The zero-order valence-corrected chi connectivity index (χ0v) is 9.95. The Labute approximate surface area is 96.2 Å². The summed E-state index contributed by atoms with van der Waals surface area (Å²) in [5.74, 6) is 0.529. The van der Waals surface area contributed by atoms with Gasteiger partial charge < -0.3 is 4.74 Å². The lowest BCUT2D eigenvalue weighted by atomic mass is 9.83. The van der Waals surface area contributed by atoms with E-state index in [0.717, 1.165) is 13.0 Å². The second-order valence-corrected chi connectivity index (χ2v) is 5.29. The lowest BCUT2D eigenvalue weighted by Crippen LogP contribution is -2.64. The van der Waals surface area contributed by atoms with Gasteiger partial charge in [-0.15, -0.1) is 0 Å². The maximum absolute atomic E-state index is 14.0. The molecule has 2 aliphatic heterocycles. The van der Waals surface area contributed by atoms with E-state index in [9.17, 15) is 4.39 Å². The second-order valence-electron chi connectivity index (χ2n) is 5.29. The Bertz CT molecular complexity index is 296. The molecule has 3 nitrogen and oxygen atoms in total. The molecule has 0 spiro atoms. The normalized spacial score (nSPS) is 34.4. The summed E-state index contributed by atoms with van der Waals surface area (Å²) >= 11 is 0. The van der Waals surface area contributed by atoms with Crippen LogP contribution in [0.15, 0.2) is 0 Å². The van der Waals surface area contributed by atoms with Crippen LogP contribution in [0, 0.1) is 23.2 Å². The van der Waals surface area contributed by atoms with Gasteiger partial charge in [-0.05, 0) is 18.3 Å². The molecule has 0 aromatic heterocycles. The second kappa shape index (κ2) is 4.31. The summed E-state index contributed by atoms with van der Waals surface area (Å²) in [5, 5.41) is 9.16. The number of ether oxygens (including phenoxy) is 1. The summed E-state index contributed by atoms with van der Waals surface area (Å²) in [6.07, 6.45) is 0.0435. The predicted molar refractivity (Wildman–Crippen MR) is 58.6 cm³/mol. The molecule has 0 aliphatic carbocycles. The molecule has 0 saturated carbocycles. The number of nitrogens with zero attached hydrogens (tertiary/aromatic N) is 2. The van der Waals surface area contributed by atoms with E-state index in [1.165, 1.54) is 0 Å². The molecule has 90 valence electrons. The fourth-order valence-electron chi connectivity index (χ4n) is 2.68. The van der Waals surface area contributed by atoms with Gasteiger partial charge in [-0.25, -0.2) is 4.39 Å². The zero-order chi connectivity index (χ0) is 11.8. The highest BCUT2D eigenvalue weighted by Gasteiger charge is 2.47. The lowest BCUT2D eigenvalue weighted by Gasteiger charge is -2.48. The van der Waals surface area contributed by atoms with Crippen LogP contribution in [0.4, 0.5) is 4.39 Å². The van der Waals surface area contributed by atoms with Crippen LogP contribution in [-0.2, 0) is 4.74 Å². The summed E-state index contributed by atoms with van der Waals surface area (Å²) in [5.41, 5.74) is -0.535. The van der Waals surface area contributed by atoms with E-state index in [1.807, 2.05) is 4.90 Å². The first-order valence-corrected chi connectivity index (χ1v) is 5.97. The number of alkyl halides is 1. The average Bonchev–Trinajstić information content (AvgIpc) is 2.16. The predicted octanol–water partition coefficient (Wildman–Crippen LogP) is 1.59. The monoisotopic (exact) mass is 226 g/mol. The Kier molecular flexibility index (Phi) is 3.18. The molecule has 0 aromatic rings. The molecule has 2 unspecified atom stereocenters. The molecule has 2 atom stereocenters. The minimum atomic E-state index is -0.806. The molecule has 2 fully saturated rings. The molecule has 0 N–H and O–H groups in total. The number of piperidine rings is 1. The number of halogens is 1. The first-order chi connectivity index (χ1) is 7.59. The third kappa shape index (κ3) is 1.83. The SMILES string of the molecule is CC(C)C1CCN(C2(C#N)COC2)CC1F. The Balaban J connectivity index is 2.00. The van der Waals surface area contributed by atoms with Crippen molar-refractivity contribution >= 4 is 0 Å². The molecule has 2 aliphatic rings. The van der Waals surface area contributed by atoms with Gasteiger partial charge in [0.15, 0.2) is 5.54 Å². The molecule has 2 saturated heterocycles. The molecule has 16 heavy (non-hydrogen) atoms. The molecule has 0 amide bonds. The van der Waals surface area contributed by atoms with Crippen molar-refractivity contribution in [1.29, 1.82) is 5.26 Å². The van der Waals surface area contributed by atoms with Crippen LogP contribution in [0.25, 0.3) is 0 Å². The molecule has 2 heterocycles. The molecular weight excluding hydrogens is 207 g/mol. The van der Waals surface area contributed by atoms with Crippen LogP contribution in [0.1, 0.15) is 20.3 Å². The van der Waals surface area contributed by atoms with E-state index in [4.69, 9.17) is 10.00 Å². The topological polar surface area (TPSA) is 36.3 Å². The quantitative estimate of drug-likeness (QED) is 0.717. The van der Waals surface area contributed by atoms with Crippen molar-refractivity contribution in [2.75, 3.05) is 26.3 Å². The lowest BCUT2D eigenvalue weighted by molar-refractivity contribution is -0.128. The maximum Gasteiger partial charge on any atom is 0.156 e. The number of rotatable bonds is 2. The summed E-state index contributed by atoms with van der Waals surface area (Å²) in [7, 11) is 0. The van der Waals surface area contributed by atoms with Gasteiger partial charge in [0.25, 0.3) is 0 Å². The Morgan fingerprint density at radius 2 is 2.19 bits per heavy atom. The van der Waals surface area contributed by atoms with Crippen molar-refractivity contribution in [3.05, 3.63) is 0 Å². The highest BCUT2D eigenvalue weighted by atomic mass is 19.1. The van der Waals surface area contributed by atoms with Crippen LogP contribution in [0.3, 0.4) is 0 Å². The van der Waals surface area contributed by atoms with Crippen molar-refractivity contribution in [3.8, 4) is 6.07 Å². The van der Waals surface area contributed by atoms with Crippen LogP contribution in [0.2, 0.25) is 0 Å². The highest BCUT2D eigenvalue weighted by Crippen LogP contribution is 2.33. The van der Waals surface area contributed by atoms with E-state index in [1.54, 1.807) is 0 Å². The van der Waals surface area contributed by atoms with E-state index in [2.05, 4.69) is 19.9 Å². The van der Waals surface area contributed by atoms with Gasteiger partial charge in [0.05, 0.1) is 19.3 Å². The smallest absolute Gasteiger partial charge is 0.156 e. The fourth-order valence-corrected chi connectivity index (χ4v) is 2.68. The third-order valence-corrected chi connectivity index (χ3v) is 3.94. The van der Waals surface area contributed by atoms with Gasteiger partial charge in [0.2, 0.25) is 0 Å². The van der Waals surface area contributed by atoms with Crippen LogP contribution < -0.4 is 0 Å². The van der Waals surface area contributed by atoms with E-state index in [-0.39, 0.29) is 5.92 Å². The maximum atomic E-state index is 14.0. The van der Waals surface area contributed by atoms with E-state index < -0.39 is 11.7 Å². The van der Waals surface area contributed by atoms with Crippen molar-refractivity contribution in [2.45, 2.75) is 32.0 Å². The fraction of sp³-hybridized carbons (Fsp3) is 0.917. The van der Waals surface area contributed by atoms with Gasteiger partial charge >= 0.3 is 0 Å². The van der Waals surface area contributed by atoms with Gasteiger partial charge in [-0.3, -0.25) is 4.90 Å². The van der Waals surface area contributed by atoms with Crippen molar-refractivity contribution in [1.82, 2.24) is 4.90 Å². The number of hydrogen-bond acceptors (Lipinski definition) is 3. The summed E-state index contributed by atoms with van der Waals surface area (Å²) in [6, 6.07) is 2.28. The van der Waals surface area contributed by atoms with Crippen molar-refractivity contribution < 1.29 is 9.13 Å². The summed E-state index contributed by atoms with van der Waals surface area (Å²) in [4.78, 5) is 1.97. The molecule has 0 aromatic carbocycles. The van der Waals surface area contributed by atoms with Gasteiger partial charge in [-0.2, -0.15) is 5.26 Å². The van der Waals surface area contributed by atoms with E-state index >= 15 is 0 Å². The van der Waals surface area contributed by atoms with Crippen molar-refractivity contribution in [2.24, 2.45) is 11.8 Å². The van der Waals surface area contributed by atoms with Crippen LogP contribution >= 0.6 is 0 Å². The average molecular weight is 226 g/mol. The van der Waals surface area contributed by atoms with E-state index in [0.29, 0.717) is 25.7 Å². The van der Waals surface area contributed by atoms with Gasteiger partial charge in [0, 0.05) is 13.1 Å². The Hall–Kier alpha value is -0.660.